The first kappa shape index (κ1) is 26.3. The van der Waals surface area contributed by atoms with E-state index in [4.69, 9.17) is 10.5 Å². The molecule has 0 spiro atoms. The molecule has 11 nitrogen and oxygen atoms in total. The van der Waals surface area contributed by atoms with Gasteiger partial charge in [-0.25, -0.2) is 18.4 Å². The van der Waals surface area contributed by atoms with Crippen molar-refractivity contribution in [1.29, 1.82) is 5.26 Å². The quantitative estimate of drug-likeness (QED) is 0.311. The summed E-state index contributed by atoms with van der Waals surface area (Å²) < 4.78 is 36.0. The zero-order chi connectivity index (χ0) is 26.3. The van der Waals surface area contributed by atoms with Crippen molar-refractivity contribution < 1.29 is 13.2 Å². The van der Waals surface area contributed by atoms with E-state index in [2.05, 4.69) is 40.8 Å². The number of hydrogen-bond donors (Lipinski definition) is 1. The molecule has 0 atom stereocenters. The highest BCUT2D eigenvalue weighted by Gasteiger charge is 2.51. The van der Waals surface area contributed by atoms with Crippen molar-refractivity contribution in [3.05, 3.63) is 24.8 Å². The SMILES string of the molecule is CC(C)S(=O)(=O)N1CC(CC#N)(n2cc(-c3ncnc4c3ccn4COCC[Si](C)(C)C)c(N)n2)C1. The normalized spacial score (nSPS) is 16.4. The molecule has 194 valence electrons. The van der Waals surface area contributed by atoms with Crippen molar-refractivity contribution in [1.82, 2.24) is 28.6 Å². The van der Waals surface area contributed by atoms with Crippen molar-refractivity contribution in [2.24, 2.45) is 0 Å². The van der Waals surface area contributed by atoms with Crippen molar-refractivity contribution in [2.45, 2.75) is 63.5 Å². The molecule has 0 aromatic carbocycles. The van der Waals surface area contributed by atoms with Crippen LogP contribution in [-0.2, 0) is 27.0 Å². The number of rotatable bonds is 10. The summed E-state index contributed by atoms with van der Waals surface area (Å²) in [6.45, 7) is 11.7. The topological polar surface area (TPSA) is 145 Å². The van der Waals surface area contributed by atoms with Gasteiger partial charge >= 0.3 is 0 Å². The fraction of sp³-hybridized carbons (Fsp3) is 0.565. The van der Waals surface area contributed by atoms with Gasteiger partial charge in [0.15, 0.2) is 5.82 Å². The van der Waals surface area contributed by atoms with Gasteiger partial charge in [-0.05, 0) is 26.0 Å². The molecular formula is C23H34N8O3SSi. The fourth-order valence-electron chi connectivity index (χ4n) is 4.25. The van der Waals surface area contributed by atoms with Crippen molar-refractivity contribution in [3.63, 3.8) is 0 Å². The van der Waals surface area contributed by atoms with Crippen LogP contribution in [0.25, 0.3) is 22.3 Å². The van der Waals surface area contributed by atoms with E-state index in [9.17, 15) is 13.7 Å². The summed E-state index contributed by atoms with van der Waals surface area (Å²) in [5, 5.41) is 14.2. The number of aromatic nitrogens is 5. The molecule has 0 amide bonds. The van der Waals surface area contributed by atoms with Crippen molar-refractivity contribution in [3.8, 4) is 17.3 Å². The number of nitrogens with two attached hydrogens (primary N) is 1. The number of nitriles is 1. The van der Waals surface area contributed by atoms with E-state index in [-0.39, 0.29) is 25.3 Å². The minimum Gasteiger partial charge on any atom is -0.382 e. The summed E-state index contributed by atoms with van der Waals surface area (Å²) in [7, 11) is -4.59. The molecule has 0 unspecified atom stereocenters. The highest BCUT2D eigenvalue weighted by atomic mass is 32.2. The van der Waals surface area contributed by atoms with Crippen LogP contribution in [0.4, 0.5) is 5.82 Å². The molecule has 1 fully saturated rings. The summed E-state index contributed by atoms with van der Waals surface area (Å²) in [4.78, 5) is 8.92. The third kappa shape index (κ3) is 4.90. The predicted octanol–water partition coefficient (Wildman–Crippen LogP) is 2.85. The summed E-state index contributed by atoms with van der Waals surface area (Å²) >= 11 is 0. The van der Waals surface area contributed by atoms with Gasteiger partial charge in [-0.15, -0.1) is 0 Å². The molecule has 36 heavy (non-hydrogen) atoms. The van der Waals surface area contributed by atoms with Crippen molar-refractivity contribution >= 4 is 34.9 Å². The van der Waals surface area contributed by atoms with Crippen LogP contribution >= 0.6 is 0 Å². The first-order valence-corrected chi connectivity index (χ1v) is 17.2. The molecule has 0 saturated carbocycles. The molecule has 2 N–H and O–H groups in total. The molecule has 1 saturated heterocycles. The number of nitrogens with zero attached hydrogens (tertiary/aromatic N) is 7. The van der Waals surface area contributed by atoms with Gasteiger partial charge in [-0.3, -0.25) is 4.68 Å². The van der Waals surface area contributed by atoms with Gasteiger partial charge in [0.1, 0.15) is 24.2 Å². The summed E-state index contributed by atoms with van der Waals surface area (Å²) in [5.41, 5.74) is 7.51. The van der Waals surface area contributed by atoms with Gasteiger partial charge in [0, 0.05) is 45.6 Å². The highest BCUT2D eigenvalue weighted by molar-refractivity contribution is 7.89. The van der Waals surface area contributed by atoms with Gasteiger partial charge in [-0.1, -0.05) is 19.6 Å². The first-order chi connectivity index (χ1) is 16.9. The molecule has 13 heteroatoms. The molecule has 3 aromatic rings. The molecule has 0 aliphatic carbocycles. The van der Waals surface area contributed by atoms with Crippen LogP contribution in [0.2, 0.25) is 25.7 Å². The standard InChI is InChI=1S/C23H34N8O3SSi/c1-17(2)35(32,33)30-13-23(14-30,7-8-24)31-12-19(21(25)28-31)20-18-6-9-29(22(18)27-15-26-20)16-34-10-11-36(3,4)5/h6,9,12,15,17H,7,10-11,13-14,16H2,1-5H3,(H2,25,28). The van der Waals surface area contributed by atoms with Crippen LogP contribution in [0.15, 0.2) is 24.8 Å². The number of hydrogen-bond acceptors (Lipinski definition) is 8. The lowest BCUT2D eigenvalue weighted by atomic mass is 9.89. The molecular weight excluding hydrogens is 496 g/mol. The minimum atomic E-state index is -3.42. The second kappa shape index (κ2) is 9.58. The Labute approximate surface area is 212 Å². The summed E-state index contributed by atoms with van der Waals surface area (Å²) in [6.07, 6.45) is 5.27. The van der Waals surface area contributed by atoms with Crippen LogP contribution in [-0.4, -0.2) is 70.1 Å². The monoisotopic (exact) mass is 530 g/mol. The second-order valence-corrected chi connectivity index (χ2v) is 19.0. The van der Waals surface area contributed by atoms with E-state index in [1.165, 1.54) is 10.6 Å². The molecule has 4 rings (SSSR count). The smallest absolute Gasteiger partial charge is 0.216 e. The first-order valence-electron chi connectivity index (χ1n) is 12.0. The summed E-state index contributed by atoms with van der Waals surface area (Å²) in [5.74, 6) is 0.261. The number of fused-ring (bicyclic) bond motifs is 1. The van der Waals surface area contributed by atoms with Crippen LogP contribution < -0.4 is 5.73 Å². The van der Waals surface area contributed by atoms with E-state index in [0.717, 1.165) is 17.1 Å². The zero-order valence-corrected chi connectivity index (χ0v) is 23.3. The Morgan fingerprint density at radius 3 is 2.64 bits per heavy atom. The molecule has 4 heterocycles. The maximum Gasteiger partial charge on any atom is 0.216 e. The largest absolute Gasteiger partial charge is 0.382 e. The third-order valence-corrected chi connectivity index (χ3v) is 10.4. The van der Waals surface area contributed by atoms with Crippen molar-refractivity contribution in [2.75, 3.05) is 25.4 Å². The average molecular weight is 531 g/mol. The van der Waals surface area contributed by atoms with Crippen LogP contribution in [0.1, 0.15) is 20.3 Å². The van der Waals surface area contributed by atoms with Crippen LogP contribution in [0.5, 0.6) is 0 Å². The van der Waals surface area contributed by atoms with Crippen LogP contribution in [0.3, 0.4) is 0 Å². The number of anilines is 1. The summed E-state index contributed by atoms with van der Waals surface area (Å²) in [6, 6.07) is 5.19. The fourth-order valence-corrected chi connectivity index (χ4v) is 6.44. The maximum absolute atomic E-state index is 12.6. The Morgan fingerprint density at radius 2 is 2.00 bits per heavy atom. The Morgan fingerprint density at radius 1 is 1.28 bits per heavy atom. The minimum absolute atomic E-state index is 0.113. The molecule has 0 bridgehead atoms. The molecule has 0 radical (unpaired) electrons. The van der Waals surface area contributed by atoms with Crippen LogP contribution in [0, 0.1) is 11.3 Å². The van der Waals surface area contributed by atoms with E-state index >= 15 is 0 Å². The number of ether oxygens (including phenoxy) is 1. The van der Waals surface area contributed by atoms with E-state index < -0.39 is 28.9 Å². The predicted molar refractivity (Wildman–Crippen MR) is 141 cm³/mol. The average Bonchev–Trinajstić information content (AvgIpc) is 3.36. The lowest BCUT2D eigenvalue weighted by molar-refractivity contribution is 0.0714. The second-order valence-electron chi connectivity index (χ2n) is 10.9. The van der Waals surface area contributed by atoms with E-state index in [1.807, 2.05) is 16.8 Å². The Hall–Kier alpha value is -2.79. The third-order valence-electron chi connectivity index (χ3n) is 6.57. The number of sulfonamides is 1. The molecule has 3 aromatic heterocycles. The lowest BCUT2D eigenvalue weighted by Gasteiger charge is -2.48. The van der Waals surface area contributed by atoms with E-state index in [0.29, 0.717) is 24.6 Å². The number of nitrogen functional groups attached to an aromatic ring is 1. The Kier molecular flexibility index (Phi) is 7.00. The maximum atomic E-state index is 12.6. The van der Waals surface area contributed by atoms with Gasteiger partial charge in [0.2, 0.25) is 10.0 Å². The van der Waals surface area contributed by atoms with Gasteiger partial charge < -0.3 is 15.0 Å². The Bertz CT molecular complexity index is 1390. The van der Waals surface area contributed by atoms with Gasteiger partial charge in [0.05, 0.1) is 29.0 Å². The molecule has 1 aliphatic heterocycles. The zero-order valence-electron chi connectivity index (χ0n) is 21.5. The Balaban J connectivity index is 1.60. The van der Waals surface area contributed by atoms with Gasteiger partial charge in [-0.2, -0.15) is 14.7 Å². The van der Waals surface area contributed by atoms with E-state index in [1.54, 1.807) is 24.7 Å². The highest BCUT2D eigenvalue weighted by Crippen LogP contribution is 2.38. The lowest BCUT2D eigenvalue weighted by Crippen LogP contribution is -2.65. The van der Waals surface area contributed by atoms with Gasteiger partial charge in [0.25, 0.3) is 0 Å². The molecule has 1 aliphatic rings.